The number of nitrogens with one attached hydrogen (secondary N) is 2. The summed E-state index contributed by atoms with van der Waals surface area (Å²) in [6.45, 7) is 0. The van der Waals surface area contributed by atoms with Crippen molar-refractivity contribution in [1.82, 2.24) is 15.0 Å². The van der Waals surface area contributed by atoms with E-state index in [1.165, 1.54) is 18.5 Å². The zero-order valence-corrected chi connectivity index (χ0v) is 13.6. The van der Waals surface area contributed by atoms with Gasteiger partial charge in [-0.25, -0.2) is 17.8 Å². The summed E-state index contributed by atoms with van der Waals surface area (Å²) in [6.07, 6.45) is 4.11. The second-order valence-electron chi connectivity index (χ2n) is 5.08. The van der Waals surface area contributed by atoms with Gasteiger partial charge in [-0.1, -0.05) is 6.07 Å². The lowest BCUT2D eigenvalue weighted by molar-refractivity contribution is 0.597. The number of sulfonamides is 1. The van der Waals surface area contributed by atoms with E-state index in [2.05, 4.69) is 19.7 Å². The summed E-state index contributed by atoms with van der Waals surface area (Å²) in [7, 11) is -4.02. The first-order valence-electron chi connectivity index (χ1n) is 7.13. The highest BCUT2D eigenvalue weighted by Gasteiger charge is 2.19. The first kappa shape index (κ1) is 16.6. The van der Waals surface area contributed by atoms with E-state index < -0.39 is 21.7 Å². The predicted octanol–water partition coefficient (Wildman–Crippen LogP) is 2.48. The first-order chi connectivity index (χ1) is 12.0. The summed E-state index contributed by atoms with van der Waals surface area (Å²) in [5.74, 6) is -1.28. The summed E-state index contributed by atoms with van der Waals surface area (Å²) in [4.78, 5) is 10.6. The van der Waals surface area contributed by atoms with Crippen molar-refractivity contribution >= 4 is 15.8 Å². The Balaban J connectivity index is 1.86. The first-order valence-corrected chi connectivity index (χ1v) is 8.62. The van der Waals surface area contributed by atoms with Crippen LogP contribution in [0.5, 0.6) is 0 Å². The minimum absolute atomic E-state index is 0.0117. The normalized spacial score (nSPS) is 11.0. The second-order valence-corrected chi connectivity index (χ2v) is 6.76. The van der Waals surface area contributed by atoms with Crippen LogP contribution < -0.4 is 4.72 Å². The van der Waals surface area contributed by atoms with Crippen LogP contribution in [-0.4, -0.2) is 23.4 Å². The standard InChI is InChI=1S/C16H12FN5O2S/c17-13-7-11(4-5-18)9-21-16(13)22-25(23,24)12-8-15(20-10-12)14-3-1-2-6-19-14/h1-3,6-10,20H,4H2,(H,21,22). The minimum Gasteiger partial charge on any atom is -0.359 e. The van der Waals surface area contributed by atoms with E-state index in [9.17, 15) is 12.8 Å². The van der Waals surface area contributed by atoms with Gasteiger partial charge in [-0.3, -0.25) is 9.71 Å². The molecule has 2 N–H and O–H groups in total. The number of anilines is 1. The van der Waals surface area contributed by atoms with Crippen molar-refractivity contribution in [3.63, 3.8) is 0 Å². The molecule has 25 heavy (non-hydrogen) atoms. The quantitative estimate of drug-likeness (QED) is 0.728. The van der Waals surface area contributed by atoms with Gasteiger partial charge in [-0.05, 0) is 29.8 Å². The highest BCUT2D eigenvalue weighted by atomic mass is 32.2. The lowest BCUT2D eigenvalue weighted by Gasteiger charge is -2.07. The van der Waals surface area contributed by atoms with Crippen molar-refractivity contribution in [2.24, 2.45) is 0 Å². The number of nitrogens with zero attached hydrogens (tertiary/aromatic N) is 3. The van der Waals surface area contributed by atoms with Crippen LogP contribution in [0.2, 0.25) is 0 Å². The molecule has 9 heteroatoms. The van der Waals surface area contributed by atoms with Crippen LogP contribution in [0, 0.1) is 17.1 Å². The molecule has 0 aliphatic carbocycles. The van der Waals surface area contributed by atoms with Gasteiger partial charge < -0.3 is 4.98 Å². The highest BCUT2D eigenvalue weighted by Crippen LogP contribution is 2.22. The summed E-state index contributed by atoms with van der Waals surface area (Å²) in [5, 5.41) is 8.59. The third-order valence-electron chi connectivity index (χ3n) is 3.32. The van der Waals surface area contributed by atoms with Gasteiger partial charge in [0.15, 0.2) is 11.6 Å². The number of H-pyrrole nitrogens is 1. The number of hydrogen-bond donors (Lipinski definition) is 2. The van der Waals surface area contributed by atoms with Crippen LogP contribution in [0.3, 0.4) is 0 Å². The lowest BCUT2D eigenvalue weighted by Crippen LogP contribution is -2.14. The van der Waals surface area contributed by atoms with Crippen LogP contribution in [0.25, 0.3) is 11.4 Å². The Kier molecular flexibility index (Phi) is 4.45. The van der Waals surface area contributed by atoms with Gasteiger partial charge in [0.2, 0.25) is 0 Å². The molecule has 0 spiro atoms. The van der Waals surface area contributed by atoms with Gasteiger partial charge in [-0.2, -0.15) is 5.26 Å². The number of nitriles is 1. The Labute approximate surface area is 143 Å². The number of pyridine rings is 2. The van der Waals surface area contributed by atoms with Gasteiger partial charge in [-0.15, -0.1) is 0 Å². The highest BCUT2D eigenvalue weighted by molar-refractivity contribution is 7.92. The van der Waals surface area contributed by atoms with E-state index in [0.717, 1.165) is 6.07 Å². The fourth-order valence-corrected chi connectivity index (χ4v) is 3.14. The molecule has 7 nitrogen and oxygen atoms in total. The van der Waals surface area contributed by atoms with Crippen LogP contribution >= 0.6 is 0 Å². The Morgan fingerprint density at radius 2 is 2.12 bits per heavy atom. The molecular weight excluding hydrogens is 345 g/mol. The minimum atomic E-state index is -4.02. The molecular formula is C16H12FN5O2S. The van der Waals surface area contributed by atoms with Gasteiger partial charge >= 0.3 is 0 Å². The maximum Gasteiger partial charge on any atom is 0.264 e. The van der Waals surface area contributed by atoms with Crippen LogP contribution in [0.4, 0.5) is 10.2 Å². The molecule has 126 valence electrons. The Morgan fingerprint density at radius 1 is 1.28 bits per heavy atom. The fourth-order valence-electron chi connectivity index (χ4n) is 2.13. The van der Waals surface area contributed by atoms with Crippen molar-refractivity contribution < 1.29 is 12.8 Å². The molecule has 3 heterocycles. The molecule has 0 fully saturated rings. The van der Waals surface area contributed by atoms with Gasteiger partial charge in [0.05, 0.1) is 23.9 Å². The Bertz CT molecular complexity index is 1040. The van der Waals surface area contributed by atoms with Gasteiger partial charge in [0.25, 0.3) is 10.0 Å². The molecule has 3 aromatic rings. The molecule has 0 saturated heterocycles. The Hall–Kier alpha value is -3.25. The number of rotatable bonds is 5. The molecule has 3 rings (SSSR count). The third-order valence-corrected chi connectivity index (χ3v) is 4.64. The van der Waals surface area contributed by atoms with E-state index in [1.54, 1.807) is 24.4 Å². The van der Waals surface area contributed by atoms with Crippen molar-refractivity contribution in [3.8, 4) is 17.5 Å². The average molecular weight is 357 g/mol. The number of aromatic amines is 1. The summed E-state index contributed by atoms with van der Waals surface area (Å²) in [6, 6.07) is 9.59. The molecule has 0 atom stereocenters. The summed E-state index contributed by atoms with van der Waals surface area (Å²) >= 11 is 0. The summed E-state index contributed by atoms with van der Waals surface area (Å²) in [5.41, 5.74) is 1.45. The van der Waals surface area contributed by atoms with Gasteiger partial charge in [0.1, 0.15) is 4.90 Å². The maximum atomic E-state index is 14.0. The average Bonchev–Trinajstić information content (AvgIpc) is 3.09. The van der Waals surface area contributed by atoms with Crippen molar-refractivity contribution in [1.29, 1.82) is 5.26 Å². The van der Waals surface area contributed by atoms with Crippen LogP contribution in [0.1, 0.15) is 5.56 Å². The van der Waals surface area contributed by atoms with E-state index >= 15 is 0 Å². The van der Waals surface area contributed by atoms with E-state index in [0.29, 0.717) is 17.0 Å². The monoisotopic (exact) mass is 357 g/mol. The molecule has 0 radical (unpaired) electrons. The van der Waals surface area contributed by atoms with Crippen molar-refractivity contribution in [2.45, 2.75) is 11.3 Å². The van der Waals surface area contributed by atoms with E-state index in [1.807, 2.05) is 6.07 Å². The summed E-state index contributed by atoms with van der Waals surface area (Å²) < 4.78 is 40.9. The Morgan fingerprint density at radius 3 is 2.80 bits per heavy atom. The van der Waals surface area contributed by atoms with Crippen molar-refractivity contribution in [2.75, 3.05) is 4.72 Å². The zero-order chi connectivity index (χ0) is 17.9. The van der Waals surface area contributed by atoms with E-state index in [4.69, 9.17) is 5.26 Å². The number of halogens is 1. The lowest BCUT2D eigenvalue weighted by atomic mass is 10.2. The predicted molar refractivity (Wildman–Crippen MR) is 88.3 cm³/mol. The number of aromatic nitrogens is 3. The molecule has 0 saturated carbocycles. The SMILES string of the molecule is N#CCc1cnc(NS(=O)(=O)c2c[nH]c(-c3ccccn3)c2)c(F)c1. The smallest absolute Gasteiger partial charge is 0.264 e. The van der Waals surface area contributed by atoms with Crippen LogP contribution in [0.15, 0.2) is 53.8 Å². The molecule has 0 bridgehead atoms. The zero-order valence-electron chi connectivity index (χ0n) is 12.8. The maximum absolute atomic E-state index is 14.0. The number of hydrogen-bond acceptors (Lipinski definition) is 5. The molecule has 3 aromatic heterocycles. The molecule has 0 unspecified atom stereocenters. The van der Waals surface area contributed by atoms with Gasteiger partial charge in [0, 0.05) is 18.6 Å². The van der Waals surface area contributed by atoms with Crippen LogP contribution in [-0.2, 0) is 16.4 Å². The second kappa shape index (κ2) is 6.70. The van der Waals surface area contributed by atoms with E-state index in [-0.39, 0.29) is 11.3 Å². The molecule has 0 amide bonds. The molecule has 0 aliphatic heterocycles. The fraction of sp³-hybridized carbons (Fsp3) is 0.0625. The largest absolute Gasteiger partial charge is 0.359 e. The molecule has 0 aromatic carbocycles. The van der Waals surface area contributed by atoms with Crippen molar-refractivity contribution in [3.05, 3.63) is 60.3 Å². The molecule has 0 aliphatic rings. The topological polar surface area (TPSA) is 112 Å². The third kappa shape index (κ3) is 3.64.